The van der Waals surface area contributed by atoms with Crippen LogP contribution in [0.3, 0.4) is 0 Å². The van der Waals surface area contributed by atoms with Gasteiger partial charge in [0.05, 0.1) is 11.8 Å². The van der Waals surface area contributed by atoms with Crippen molar-refractivity contribution in [1.82, 2.24) is 4.98 Å². The fourth-order valence-corrected chi connectivity index (χ4v) is 3.77. The summed E-state index contributed by atoms with van der Waals surface area (Å²) in [6, 6.07) is 3.66. The van der Waals surface area contributed by atoms with E-state index in [4.69, 9.17) is 0 Å². The highest BCUT2D eigenvalue weighted by Gasteiger charge is 2.59. The van der Waals surface area contributed by atoms with E-state index in [2.05, 4.69) is 17.1 Å². The van der Waals surface area contributed by atoms with Crippen molar-refractivity contribution in [3.8, 4) is 0 Å². The van der Waals surface area contributed by atoms with E-state index in [0.29, 0.717) is 5.82 Å². The van der Waals surface area contributed by atoms with Gasteiger partial charge >= 0.3 is 0 Å². The molecule has 0 radical (unpaired) electrons. The van der Waals surface area contributed by atoms with Gasteiger partial charge < -0.3 is 0 Å². The van der Waals surface area contributed by atoms with Crippen molar-refractivity contribution < 1.29 is 9.59 Å². The van der Waals surface area contributed by atoms with Gasteiger partial charge in [-0.1, -0.05) is 12.2 Å². The summed E-state index contributed by atoms with van der Waals surface area (Å²) in [5.74, 6) is 0.552. The molecule has 3 aliphatic rings. The molecular formula is C15H14N2O2. The lowest BCUT2D eigenvalue weighted by Gasteiger charge is -2.16. The zero-order valence-corrected chi connectivity index (χ0v) is 10.6. The number of hydrogen-bond acceptors (Lipinski definition) is 3. The lowest BCUT2D eigenvalue weighted by atomic mass is 9.85. The molecule has 1 aliphatic heterocycles. The summed E-state index contributed by atoms with van der Waals surface area (Å²) in [4.78, 5) is 30.5. The maximum atomic E-state index is 12.5. The molecule has 1 saturated heterocycles. The quantitative estimate of drug-likeness (QED) is 0.566. The maximum Gasteiger partial charge on any atom is 0.239 e. The van der Waals surface area contributed by atoms with Crippen LogP contribution in [0.1, 0.15) is 12.0 Å². The molecule has 96 valence electrons. The van der Waals surface area contributed by atoms with Crippen LogP contribution in [0.4, 0.5) is 5.82 Å². The Kier molecular flexibility index (Phi) is 2.03. The van der Waals surface area contributed by atoms with Gasteiger partial charge in [-0.05, 0) is 42.9 Å². The molecule has 4 rings (SSSR count). The standard InChI is InChI=1S/C15H14N2O2/c1-8-4-5-16-11(6-8)17-14(18)12-9-2-3-10(7-9)13(12)15(17)19/h2-6,9-10,12-13H,7H2,1H3/t9-,10-,12-,13+/m1/s1. The van der Waals surface area contributed by atoms with Gasteiger partial charge in [-0.3, -0.25) is 9.59 Å². The molecule has 4 nitrogen and oxygen atoms in total. The normalized spacial score (nSPS) is 35.3. The predicted octanol–water partition coefficient (Wildman–Crippen LogP) is 1.70. The highest BCUT2D eigenvalue weighted by molar-refractivity contribution is 6.22. The van der Waals surface area contributed by atoms with Crippen LogP contribution in [0.15, 0.2) is 30.5 Å². The molecule has 2 fully saturated rings. The Morgan fingerprint density at radius 2 is 1.79 bits per heavy atom. The number of carbonyl (C=O) groups is 2. The topological polar surface area (TPSA) is 50.3 Å². The van der Waals surface area contributed by atoms with Gasteiger partial charge in [0.25, 0.3) is 0 Å². The van der Waals surface area contributed by atoms with Crippen molar-refractivity contribution in [3.63, 3.8) is 0 Å². The number of allylic oxidation sites excluding steroid dienone is 2. The molecule has 0 unspecified atom stereocenters. The molecule has 0 aromatic carbocycles. The summed E-state index contributed by atoms with van der Waals surface area (Å²) in [6.45, 7) is 1.93. The maximum absolute atomic E-state index is 12.5. The number of nitrogens with zero attached hydrogens (tertiary/aromatic N) is 2. The molecule has 2 aliphatic carbocycles. The van der Waals surface area contributed by atoms with E-state index in [1.165, 1.54) is 4.90 Å². The Balaban J connectivity index is 1.77. The molecule has 0 N–H and O–H groups in total. The number of imide groups is 1. The lowest BCUT2D eigenvalue weighted by molar-refractivity contribution is -0.123. The van der Waals surface area contributed by atoms with E-state index >= 15 is 0 Å². The van der Waals surface area contributed by atoms with Crippen LogP contribution in [0.2, 0.25) is 0 Å². The summed E-state index contributed by atoms with van der Waals surface area (Å²) in [5, 5.41) is 0. The third-order valence-electron chi connectivity index (χ3n) is 4.60. The number of aryl methyl sites for hydroxylation is 1. The predicted molar refractivity (Wildman–Crippen MR) is 69.2 cm³/mol. The Morgan fingerprint density at radius 3 is 2.37 bits per heavy atom. The minimum atomic E-state index is -0.148. The number of hydrogen-bond donors (Lipinski definition) is 0. The summed E-state index contributed by atoms with van der Waals surface area (Å²) in [7, 11) is 0. The number of carbonyl (C=O) groups excluding carboxylic acids is 2. The molecule has 2 bridgehead atoms. The highest BCUT2D eigenvalue weighted by Crippen LogP contribution is 2.52. The molecule has 1 saturated carbocycles. The number of rotatable bonds is 1. The van der Waals surface area contributed by atoms with Crippen molar-refractivity contribution in [3.05, 3.63) is 36.0 Å². The van der Waals surface area contributed by atoms with Crippen LogP contribution in [0.5, 0.6) is 0 Å². The first-order valence-corrected chi connectivity index (χ1v) is 6.65. The number of anilines is 1. The van der Waals surface area contributed by atoms with Crippen molar-refractivity contribution in [2.75, 3.05) is 4.90 Å². The average molecular weight is 254 g/mol. The van der Waals surface area contributed by atoms with Gasteiger partial charge in [0.2, 0.25) is 11.8 Å². The van der Waals surface area contributed by atoms with Crippen LogP contribution in [-0.4, -0.2) is 16.8 Å². The molecule has 2 heterocycles. The van der Waals surface area contributed by atoms with Crippen LogP contribution in [0.25, 0.3) is 0 Å². The fraction of sp³-hybridized carbons (Fsp3) is 0.400. The van der Waals surface area contributed by atoms with E-state index in [1.807, 2.05) is 13.0 Å². The van der Waals surface area contributed by atoms with E-state index < -0.39 is 0 Å². The Morgan fingerprint density at radius 1 is 1.16 bits per heavy atom. The first-order chi connectivity index (χ1) is 9.16. The summed E-state index contributed by atoms with van der Waals surface area (Å²) in [6.07, 6.45) is 6.81. The molecule has 4 atom stereocenters. The molecule has 1 aromatic heterocycles. The molecule has 2 amide bonds. The number of fused-ring (bicyclic) bond motifs is 5. The van der Waals surface area contributed by atoms with Gasteiger partial charge in [-0.15, -0.1) is 0 Å². The monoisotopic (exact) mass is 254 g/mol. The molecule has 4 heteroatoms. The third kappa shape index (κ3) is 1.31. The fourth-order valence-electron chi connectivity index (χ4n) is 3.77. The smallest absolute Gasteiger partial charge is 0.239 e. The summed E-state index contributed by atoms with van der Waals surface area (Å²) in [5.41, 5.74) is 1.00. The van der Waals surface area contributed by atoms with E-state index in [1.54, 1.807) is 12.3 Å². The second-order valence-electron chi connectivity index (χ2n) is 5.70. The highest BCUT2D eigenvalue weighted by atomic mass is 16.2. The lowest BCUT2D eigenvalue weighted by Crippen LogP contribution is -2.33. The minimum Gasteiger partial charge on any atom is -0.274 e. The summed E-state index contributed by atoms with van der Waals surface area (Å²) < 4.78 is 0. The number of aromatic nitrogens is 1. The molecule has 19 heavy (non-hydrogen) atoms. The van der Waals surface area contributed by atoms with Gasteiger partial charge in [0.15, 0.2) is 0 Å². The van der Waals surface area contributed by atoms with Crippen molar-refractivity contribution in [1.29, 1.82) is 0 Å². The Labute approximate surface area is 111 Å². The Hall–Kier alpha value is -1.97. The van der Waals surface area contributed by atoms with Gasteiger partial charge in [-0.25, -0.2) is 9.88 Å². The second kappa shape index (κ2) is 3.53. The van der Waals surface area contributed by atoms with E-state index in [0.717, 1.165) is 12.0 Å². The SMILES string of the molecule is Cc1ccnc(N2C(=O)[C@@H]3[C@H](C2=O)[C@@H]2C=C[C@@H]3C2)c1. The number of amides is 2. The average Bonchev–Trinajstić information content (AvgIpc) is 3.04. The zero-order chi connectivity index (χ0) is 13.1. The van der Waals surface area contributed by atoms with Crippen LogP contribution < -0.4 is 4.90 Å². The first kappa shape index (κ1) is 10.9. The van der Waals surface area contributed by atoms with Gasteiger partial charge in [-0.2, -0.15) is 0 Å². The largest absolute Gasteiger partial charge is 0.274 e. The summed E-state index contributed by atoms with van der Waals surface area (Å²) >= 11 is 0. The van der Waals surface area contributed by atoms with E-state index in [9.17, 15) is 9.59 Å². The number of pyridine rings is 1. The van der Waals surface area contributed by atoms with Gasteiger partial charge in [0.1, 0.15) is 5.82 Å². The minimum absolute atomic E-state index is 0.0649. The Bertz CT molecular complexity index is 592. The second-order valence-corrected chi connectivity index (χ2v) is 5.70. The molecular weight excluding hydrogens is 240 g/mol. The van der Waals surface area contributed by atoms with Crippen molar-refractivity contribution >= 4 is 17.6 Å². The van der Waals surface area contributed by atoms with Crippen molar-refractivity contribution in [2.45, 2.75) is 13.3 Å². The molecule has 0 spiro atoms. The zero-order valence-electron chi connectivity index (χ0n) is 10.6. The third-order valence-corrected chi connectivity index (χ3v) is 4.60. The van der Waals surface area contributed by atoms with Crippen LogP contribution >= 0.6 is 0 Å². The van der Waals surface area contributed by atoms with Crippen LogP contribution in [-0.2, 0) is 9.59 Å². The first-order valence-electron chi connectivity index (χ1n) is 6.65. The molecule has 1 aromatic rings. The van der Waals surface area contributed by atoms with Crippen LogP contribution in [0, 0.1) is 30.6 Å². The van der Waals surface area contributed by atoms with Gasteiger partial charge in [0, 0.05) is 6.20 Å². The van der Waals surface area contributed by atoms with Crippen molar-refractivity contribution in [2.24, 2.45) is 23.7 Å². The van der Waals surface area contributed by atoms with E-state index in [-0.39, 0.29) is 35.5 Å².